The third-order valence-corrected chi connectivity index (χ3v) is 8.73. The number of rotatable bonds is 6. The van der Waals surface area contributed by atoms with E-state index in [2.05, 4.69) is 15.0 Å². The summed E-state index contributed by atoms with van der Waals surface area (Å²) < 4.78 is 42.0. The van der Waals surface area contributed by atoms with E-state index in [1.165, 1.54) is 0 Å². The summed E-state index contributed by atoms with van der Waals surface area (Å²) in [6.45, 7) is 0.707. The SMILES string of the molecule is N=C(N)C1CCC2CC(C(=O)NC3CCC(N)CC3)N(CC3CCC(OC(F)(F)F)CC3)C2C1. The van der Waals surface area contributed by atoms with Gasteiger partial charge in [-0.1, -0.05) is 0 Å². The summed E-state index contributed by atoms with van der Waals surface area (Å²) in [7, 11) is 0. The molecule has 3 saturated carbocycles. The summed E-state index contributed by atoms with van der Waals surface area (Å²) in [5.74, 6) is 0.975. The molecule has 7 nitrogen and oxygen atoms in total. The number of nitrogens with two attached hydrogens (primary N) is 2. The average Bonchev–Trinajstić information content (AvgIpc) is 3.13. The van der Waals surface area contributed by atoms with Crippen molar-refractivity contribution in [1.29, 1.82) is 5.41 Å². The first-order valence-corrected chi connectivity index (χ1v) is 13.0. The molecule has 4 rings (SSSR count). The Hall–Kier alpha value is -1.39. The maximum Gasteiger partial charge on any atom is 0.522 e. The minimum atomic E-state index is -4.59. The largest absolute Gasteiger partial charge is 0.522 e. The Morgan fingerprint density at radius 2 is 1.68 bits per heavy atom. The van der Waals surface area contributed by atoms with Crippen molar-refractivity contribution >= 4 is 11.7 Å². The Labute approximate surface area is 200 Å². The van der Waals surface area contributed by atoms with Gasteiger partial charge >= 0.3 is 6.36 Å². The molecule has 10 heteroatoms. The van der Waals surface area contributed by atoms with Gasteiger partial charge in [-0.2, -0.15) is 0 Å². The number of amides is 1. The van der Waals surface area contributed by atoms with Crippen LogP contribution in [0.5, 0.6) is 0 Å². The summed E-state index contributed by atoms with van der Waals surface area (Å²) in [6.07, 6.45) is 3.85. The van der Waals surface area contributed by atoms with Crippen LogP contribution in [0.2, 0.25) is 0 Å². The monoisotopic (exact) mass is 487 g/mol. The first-order valence-electron chi connectivity index (χ1n) is 13.0. The molecule has 4 aliphatic rings. The van der Waals surface area contributed by atoms with Crippen LogP contribution in [0.15, 0.2) is 0 Å². The maximum absolute atomic E-state index is 13.4. The van der Waals surface area contributed by atoms with Gasteiger partial charge < -0.3 is 16.8 Å². The van der Waals surface area contributed by atoms with E-state index >= 15 is 0 Å². The average molecular weight is 488 g/mol. The van der Waals surface area contributed by atoms with Gasteiger partial charge in [0.1, 0.15) is 0 Å². The molecule has 0 spiro atoms. The number of nitrogens with zero attached hydrogens (tertiary/aromatic N) is 1. The molecular formula is C24H40F3N5O2. The lowest BCUT2D eigenvalue weighted by Crippen LogP contribution is -2.52. The molecule has 1 heterocycles. The minimum Gasteiger partial charge on any atom is -0.387 e. The van der Waals surface area contributed by atoms with Crippen molar-refractivity contribution in [3.05, 3.63) is 0 Å². The van der Waals surface area contributed by atoms with Crippen LogP contribution in [0.25, 0.3) is 0 Å². The molecule has 0 aromatic rings. The zero-order valence-electron chi connectivity index (χ0n) is 19.9. The van der Waals surface area contributed by atoms with E-state index in [1.54, 1.807) is 0 Å². The van der Waals surface area contributed by atoms with Crippen LogP contribution in [-0.4, -0.2) is 59.8 Å². The van der Waals surface area contributed by atoms with Gasteiger partial charge in [-0.25, -0.2) is 0 Å². The van der Waals surface area contributed by atoms with Crippen LogP contribution in [0.4, 0.5) is 13.2 Å². The number of amidine groups is 1. The molecule has 1 amide bonds. The number of alkyl halides is 3. The highest BCUT2D eigenvalue weighted by Gasteiger charge is 2.48. The Kier molecular flexibility index (Phi) is 8.09. The molecule has 0 bridgehead atoms. The molecule has 194 valence electrons. The fourth-order valence-corrected chi connectivity index (χ4v) is 6.83. The smallest absolute Gasteiger partial charge is 0.387 e. The molecule has 6 N–H and O–H groups in total. The molecular weight excluding hydrogens is 447 g/mol. The fraction of sp³-hybridized carbons (Fsp3) is 0.917. The first kappa shape index (κ1) is 25.7. The summed E-state index contributed by atoms with van der Waals surface area (Å²) in [4.78, 5) is 15.7. The zero-order valence-corrected chi connectivity index (χ0v) is 19.9. The van der Waals surface area contributed by atoms with Crippen LogP contribution >= 0.6 is 0 Å². The number of hydrogen-bond donors (Lipinski definition) is 4. The van der Waals surface area contributed by atoms with E-state index in [0.717, 1.165) is 51.4 Å². The Morgan fingerprint density at radius 3 is 2.29 bits per heavy atom. The predicted molar refractivity (Wildman–Crippen MR) is 123 cm³/mol. The van der Waals surface area contributed by atoms with Gasteiger partial charge in [0.25, 0.3) is 0 Å². The van der Waals surface area contributed by atoms with E-state index in [0.29, 0.717) is 38.1 Å². The van der Waals surface area contributed by atoms with Gasteiger partial charge in [0.15, 0.2) is 0 Å². The number of hydrogen-bond acceptors (Lipinski definition) is 5. The van der Waals surface area contributed by atoms with Crippen LogP contribution in [-0.2, 0) is 9.53 Å². The molecule has 4 atom stereocenters. The third-order valence-electron chi connectivity index (χ3n) is 8.73. The van der Waals surface area contributed by atoms with E-state index in [9.17, 15) is 18.0 Å². The molecule has 3 aliphatic carbocycles. The fourth-order valence-electron chi connectivity index (χ4n) is 6.83. The van der Waals surface area contributed by atoms with Crippen molar-refractivity contribution < 1.29 is 22.7 Å². The lowest BCUT2D eigenvalue weighted by Gasteiger charge is -2.40. The van der Waals surface area contributed by atoms with Crippen molar-refractivity contribution in [2.45, 2.75) is 114 Å². The lowest BCUT2D eigenvalue weighted by atomic mass is 9.77. The summed E-state index contributed by atoms with van der Waals surface area (Å²) in [5, 5.41) is 11.2. The van der Waals surface area contributed by atoms with E-state index in [4.69, 9.17) is 16.9 Å². The maximum atomic E-state index is 13.4. The molecule has 4 unspecified atom stereocenters. The Morgan fingerprint density at radius 1 is 1.00 bits per heavy atom. The van der Waals surface area contributed by atoms with Crippen molar-refractivity contribution in [3.63, 3.8) is 0 Å². The quantitative estimate of drug-likeness (QED) is 0.339. The van der Waals surface area contributed by atoms with Crippen LogP contribution in [0.1, 0.15) is 77.0 Å². The van der Waals surface area contributed by atoms with Crippen LogP contribution < -0.4 is 16.8 Å². The lowest BCUT2D eigenvalue weighted by molar-refractivity contribution is -0.345. The highest BCUT2D eigenvalue weighted by molar-refractivity contribution is 5.83. The van der Waals surface area contributed by atoms with E-state index in [-0.39, 0.29) is 47.7 Å². The number of likely N-dealkylation sites (tertiary alicyclic amines) is 1. The van der Waals surface area contributed by atoms with Crippen LogP contribution in [0, 0.1) is 23.2 Å². The van der Waals surface area contributed by atoms with Gasteiger partial charge in [-0.15, -0.1) is 13.2 Å². The number of halogens is 3. The second-order valence-corrected chi connectivity index (χ2v) is 11.1. The molecule has 1 saturated heterocycles. The van der Waals surface area contributed by atoms with Gasteiger partial charge in [-0.3, -0.25) is 19.8 Å². The van der Waals surface area contributed by atoms with Crippen LogP contribution in [0.3, 0.4) is 0 Å². The highest BCUT2D eigenvalue weighted by Crippen LogP contribution is 2.43. The second kappa shape index (κ2) is 10.7. The summed E-state index contributed by atoms with van der Waals surface area (Å²) >= 11 is 0. The first-order chi connectivity index (χ1) is 16.1. The molecule has 1 aliphatic heterocycles. The molecule has 34 heavy (non-hydrogen) atoms. The van der Waals surface area contributed by atoms with Crippen molar-refractivity contribution in [2.24, 2.45) is 29.2 Å². The summed E-state index contributed by atoms with van der Waals surface area (Å²) in [6, 6.07) is 0.360. The van der Waals surface area contributed by atoms with Crippen molar-refractivity contribution in [3.8, 4) is 0 Å². The number of fused-ring (bicyclic) bond motifs is 1. The molecule has 0 aromatic carbocycles. The number of nitrogens with one attached hydrogen (secondary N) is 2. The van der Waals surface area contributed by atoms with Gasteiger partial charge in [-0.05, 0) is 88.9 Å². The Balaban J connectivity index is 1.40. The Bertz CT molecular complexity index is 720. The van der Waals surface area contributed by atoms with Crippen molar-refractivity contribution in [2.75, 3.05) is 6.54 Å². The van der Waals surface area contributed by atoms with Gasteiger partial charge in [0.05, 0.1) is 18.0 Å². The summed E-state index contributed by atoms with van der Waals surface area (Å²) in [5.41, 5.74) is 11.9. The van der Waals surface area contributed by atoms with E-state index < -0.39 is 12.5 Å². The normalized spacial score (nSPS) is 39.4. The predicted octanol–water partition coefficient (Wildman–Crippen LogP) is 3.26. The third kappa shape index (κ3) is 6.43. The standard InChI is InChI=1S/C24H40F3N5O2/c25-24(26,27)34-19-9-1-14(2-10-19)13-32-20-12-16(22(29)30)4-3-15(20)11-21(32)23(33)31-18-7-5-17(28)6-8-18/h14-21H,1-13,28H2,(H3,29,30)(H,31,33). The van der Waals surface area contributed by atoms with Crippen molar-refractivity contribution in [1.82, 2.24) is 10.2 Å². The van der Waals surface area contributed by atoms with Gasteiger partial charge in [0, 0.05) is 30.6 Å². The molecule has 4 fully saturated rings. The van der Waals surface area contributed by atoms with E-state index in [1.807, 2.05) is 0 Å². The topological polar surface area (TPSA) is 117 Å². The minimum absolute atomic E-state index is 0.0429. The second-order valence-electron chi connectivity index (χ2n) is 11.1. The van der Waals surface area contributed by atoms with Gasteiger partial charge in [0.2, 0.25) is 5.91 Å². The number of carbonyl (C=O) groups is 1. The molecule has 0 radical (unpaired) electrons. The highest BCUT2D eigenvalue weighted by atomic mass is 19.4. The zero-order chi connectivity index (χ0) is 24.5. The number of carbonyl (C=O) groups excluding carboxylic acids is 1. The number of ether oxygens (including phenoxy) is 1. The molecule has 0 aromatic heterocycles.